The highest BCUT2D eigenvalue weighted by molar-refractivity contribution is 7.98. The maximum absolute atomic E-state index is 11.9. The first-order valence-electron chi connectivity index (χ1n) is 5.90. The Labute approximate surface area is 104 Å². The van der Waals surface area contributed by atoms with Crippen LogP contribution in [0.15, 0.2) is 0 Å². The Kier molecular flexibility index (Phi) is 7.85. The summed E-state index contributed by atoms with van der Waals surface area (Å²) in [4.78, 5) is 11.9. The van der Waals surface area contributed by atoms with Gasteiger partial charge in [0, 0.05) is 6.04 Å². The van der Waals surface area contributed by atoms with Gasteiger partial charge in [-0.15, -0.1) is 0 Å². The van der Waals surface area contributed by atoms with Crippen LogP contribution < -0.4 is 5.32 Å². The molecule has 0 saturated carbocycles. The normalized spacial score (nSPS) is 14.9. The zero-order chi connectivity index (χ0) is 12.6. The van der Waals surface area contributed by atoms with Crippen LogP contribution in [-0.4, -0.2) is 36.2 Å². The zero-order valence-electron chi connectivity index (χ0n) is 11.1. The molecule has 1 atom stereocenters. The predicted octanol–water partition coefficient (Wildman–Crippen LogP) is 2.45. The average Bonchev–Trinajstić information content (AvgIpc) is 2.17. The highest BCUT2D eigenvalue weighted by Gasteiger charge is 2.34. The van der Waals surface area contributed by atoms with E-state index in [1.54, 1.807) is 11.8 Å². The van der Waals surface area contributed by atoms with Crippen LogP contribution in [0.1, 0.15) is 40.5 Å². The molecule has 4 heteroatoms. The van der Waals surface area contributed by atoms with Crippen molar-refractivity contribution in [3.8, 4) is 0 Å². The van der Waals surface area contributed by atoms with Crippen molar-refractivity contribution >= 4 is 17.7 Å². The van der Waals surface area contributed by atoms with Crippen LogP contribution in [-0.2, 0) is 9.53 Å². The molecule has 0 aliphatic heterocycles. The second-order valence-corrected chi connectivity index (χ2v) is 5.43. The van der Waals surface area contributed by atoms with Gasteiger partial charge in [0.05, 0.1) is 6.61 Å². The molecule has 1 unspecified atom stereocenters. The van der Waals surface area contributed by atoms with Gasteiger partial charge in [-0.05, 0) is 52.5 Å². The highest BCUT2D eigenvalue weighted by Crippen LogP contribution is 2.17. The van der Waals surface area contributed by atoms with Gasteiger partial charge in [0.2, 0.25) is 0 Å². The quantitative estimate of drug-likeness (QED) is 0.528. The van der Waals surface area contributed by atoms with Crippen molar-refractivity contribution in [2.45, 2.75) is 52.1 Å². The van der Waals surface area contributed by atoms with Crippen molar-refractivity contribution in [2.75, 3.05) is 18.6 Å². The fraction of sp³-hybridized carbons (Fsp3) is 0.917. The van der Waals surface area contributed by atoms with E-state index >= 15 is 0 Å². The molecule has 3 nitrogen and oxygen atoms in total. The summed E-state index contributed by atoms with van der Waals surface area (Å²) >= 11 is 1.81. The summed E-state index contributed by atoms with van der Waals surface area (Å²) in [5.74, 6) is 0.944. The average molecular weight is 247 g/mol. The van der Waals surface area contributed by atoms with Gasteiger partial charge in [0.1, 0.15) is 5.54 Å². The third-order valence-corrected chi connectivity index (χ3v) is 3.06. The number of hydrogen-bond acceptors (Lipinski definition) is 4. The first-order chi connectivity index (χ1) is 7.46. The van der Waals surface area contributed by atoms with Gasteiger partial charge in [-0.3, -0.25) is 10.1 Å². The Morgan fingerprint density at radius 3 is 2.56 bits per heavy atom. The van der Waals surface area contributed by atoms with E-state index in [-0.39, 0.29) is 12.0 Å². The van der Waals surface area contributed by atoms with Crippen LogP contribution in [0.3, 0.4) is 0 Å². The summed E-state index contributed by atoms with van der Waals surface area (Å²) < 4.78 is 5.13. The Morgan fingerprint density at radius 2 is 2.12 bits per heavy atom. The molecule has 0 saturated heterocycles. The van der Waals surface area contributed by atoms with E-state index in [4.69, 9.17) is 4.74 Å². The second-order valence-electron chi connectivity index (χ2n) is 4.45. The van der Waals surface area contributed by atoms with Crippen LogP contribution in [0.4, 0.5) is 0 Å². The lowest BCUT2D eigenvalue weighted by molar-refractivity contribution is -0.151. The summed E-state index contributed by atoms with van der Waals surface area (Å²) in [5, 5.41) is 3.32. The molecule has 1 N–H and O–H groups in total. The van der Waals surface area contributed by atoms with E-state index in [9.17, 15) is 4.79 Å². The summed E-state index contributed by atoms with van der Waals surface area (Å²) in [6, 6.07) is 0.281. The number of hydrogen-bond donors (Lipinski definition) is 1. The van der Waals surface area contributed by atoms with Crippen LogP contribution in [0, 0.1) is 0 Å². The van der Waals surface area contributed by atoms with Crippen molar-refractivity contribution in [2.24, 2.45) is 0 Å². The van der Waals surface area contributed by atoms with Gasteiger partial charge in [0.25, 0.3) is 0 Å². The molecular weight excluding hydrogens is 222 g/mol. The molecule has 0 aromatic heterocycles. The lowest BCUT2D eigenvalue weighted by atomic mass is 9.95. The number of ether oxygens (including phenoxy) is 1. The Hall–Kier alpha value is -0.220. The minimum Gasteiger partial charge on any atom is -0.465 e. The fourth-order valence-electron chi connectivity index (χ4n) is 1.73. The number of esters is 1. The largest absolute Gasteiger partial charge is 0.465 e. The molecule has 0 aliphatic carbocycles. The minimum absolute atomic E-state index is 0.134. The van der Waals surface area contributed by atoms with E-state index in [1.807, 2.05) is 27.7 Å². The molecule has 16 heavy (non-hydrogen) atoms. The predicted molar refractivity (Wildman–Crippen MR) is 70.9 cm³/mol. The standard InChI is InChI=1S/C12H25NO2S/c1-6-15-11(14)12(4,13-10(2)3)8-7-9-16-5/h10,13H,6-9H2,1-5H3. The van der Waals surface area contributed by atoms with E-state index in [1.165, 1.54) is 0 Å². The maximum atomic E-state index is 11.9. The number of carbonyl (C=O) groups is 1. The van der Waals surface area contributed by atoms with Crippen molar-refractivity contribution < 1.29 is 9.53 Å². The molecule has 0 aromatic rings. The molecule has 0 aromatic carbocycles. The highest BCUT2D eigenvalue weighted by atomic mass is 32.2. The lowest BCUT2D eigenvalue weighted by Crippen LogP contribution is -2.53. The van der Waals surface area contributed by atoms with E-state index in [0.29, 0.717) is 6.61 Å². The lowest BCUT2D eigenvalue weighted by Gasteiger charge is -2.30. The Morgan fingerprint density at radius 1 is 1.50 bits per heavy atom. The van der Waals surface area contributed by atoms with E-state index in [0.717, 1.165) is 18.6 Å². The van der Waals surface area contributed by atoms with Crippen LogP contribution in [0.5, 0.6) is 0 Å². The molecule has 0 radical (unpaired) electrons. The third kappa shape index (κ3) is 5.75. The van der Waals surface area contributed by atoms with Crippen LogP contribution >= 0.6 is 11.8 Å². The summed E-state index contributed by atoms with van der Waals surface area (Å²) in [6.45, 7) is 8.32. The summed E-state index contributed by atoms with van der Waals surface area (Å²) in [6.07, 6.45) is 3.93. The monoisotopic (exact) mass is 247 g/mol. The molecule has 0 bridgehead atoms. The van der Waals surface area contributed by atoms with Gasteiger partial charge in [-0.1, -0.05) is 0 Å². The first-order valence-corrected chi connectivity index (χ1v) is 7.29. The minimum atomic E-state index is -0.542. The zero-order valence-corrected chi connectivity index (χ0v) is 11.9. The van der Waals surface area contributed by atoms with Crippen LogP contribution in [0.25, 0.3) is 0 Å². The van der Waals surface area contributed by atoms with Crippen molar-refractivity contribution in [3.63, 3.8) is 0 Å². The number of rotatable bonds is 8. The summed E-state index contributed by atoms with van der Waals surface area (Å²) in [7, 11) is 0. The van der Waals surface area contributed by atoms with Crippen molar-refractivity contribution in [1.82, 2.24) is 5.32 Å². The molecule has 0 aliphatic rings. The van der Waals surface area contributed by atoms with Crippen molar-refractivity contribution in [1.29, 1.82) is 0 Å². The van der Waals surface area contributed by atoms with E-state index < -0.39 is 5.54 Å². The second kappa shape index (κ2) is 7.96. The molecule has 0 rings (SSSR count). The van der Waals surface area contributed by atoms with E-state index in [2.05, 4.69) is 11.6 Å². The SMILES string of the molecule is CCOC(=O)C(C)(CCCSC)NC(C)C. The third-order valence-electron chi connectivity index (χ3n) is 2.36. The molecule has 0 heterocycles. The summed E-state index contributed by atoms with van der Waals surface area (Å²) in [5.41, 5.74) is -0.542. The molecule has 96 valence electrons. The molecule has 0 fully saturated rings. The number of thioether (sulfide) groups is 1. The molecular formula is C12H25NO2S. The van der Waals surface area contributed by atoms with Gasteiger partial charge in [-0.2, -0.15) is 11.8 Å². The molecule has 0 amide bonds. The Bertz CT molecular complexity index is 209. The van der Waals surface area contributed by atoms with Gasteiger partial charge in [-0.25, -0.2) is 0 Å². The topological polar surface area (TPSA) is 38.3 Å². The van der Waals surface area contributed by atoms with Gasteiger partial charge in [0.15, 0.2) is 0 Å². The smallest absolute Gasteiger partial charge is 0.326 e. The number of nitrogens with one attached hydrogen (secondary N) is 1. The fourth-order valence-corrected chi connectivity index (χ4v) is 2.16. The molecule has 0 spiro atoms. The Balaban J connectivity index is 4.40. The van der Waals surface area contributed by atoms with Crippen molar-refractivity contribution in [3.05, 3.63) is 0 Å². The van der Waals surface area contributed by atoms with Gasteiger partial charge >= 0.3 is 5.97 Å². The maximum Gasteiger partial charge on any atom is 0.326 e. The van der Waals surface area contributed by atoms with Gasteiger partial charge < -0.3 is 4.74 Å². The van der Waals surface area contributed by atoms with Crippen LogP contribution in [0.2, 0.25) is 0 Å². The first kappa shape index (κ1) is 15.8. The number of carbonyl (C=O) groups excluding carboxylic acids is 1.